The Kier molecular flexibility index (Phi) is 5.37. The first-order valence-electron chi connectivity index (χ1n) is 10.5. The van der Waals surface area contributed by atoms with Crippen LogP contribution in [0.4, 0.5) is 10.6 Å². The number of allylic oxidation sites excluding steroid dienone is 4. The number of ether oxygens (including phenoxy) is 1. The van der Waals surface area contributed by atoms with E-state index in [1.807, 2.05) is 90.8 Å². The van der Waals surface area contributed by atoms with Gasteiger partial charge in [0, 0.05) is 36.8 Å². The highest BCUT2D eigenvalue weighted by Gasteiger charge is 2.33. The van der Waals surface area contributed by atoms with E-state index in [4.69, 9.17) is 14.8 Å². The van der Waals surface area contributed by atoms with Crippen molar-refractivity contribution in [3.8, 4) is 0 Å². The Bertz CT molecular complexity index is 1010. The molecule has 158 valence electrons. The van der Waals surface area contributed by atoms with Crippen LogP contribution >= 0.6 is 0 Å². The van der Waals surface area contributed by atoms with Crippen LogP contribution in [0.3, 0.4) is 0 Å². The van der Waals surface area contributed by atoms with E-state index in [1.165, 1.54) is 0 Å². The summed E-state index contributed by atoms with van der Waals surface area (Å²) in [6, 6.07) is 3.91. The van der Waals surface area contributed by atoms with Crippen molar-refractivity contribution in [3.05, 3.63) is 60.2 Å². The molecule has 0 aromatic carbocycles. The SMILES string of the molecule is Cc1cc(N2C=CC=CC=C2)nc2cc([C@@H]3CCCCN3C(=O)OC(C)(C)C)nn12. The first-order chi connectivity index (χ1) is 14.3. The minimum atomic E-state index is -0.520. The van der Waals surface area contributed by atoms with Crippen LogP contribution in [0.15, 0.2) is 48.8 Å². The standard InChI is InChI=1S/C23H29N5O2/c1-17-15-20(26-12-8-5-6-9-13-26)24-21-16-18(25-28(17)21)19-11-7-10-14-27(19)22(29)30-23(2,3)4/h5-6,8-9,12-13,15-16,19H,7,10-11,14H2,1-4H3/t19-/m0/s1. The minimum absolute atomic E-state index is 0.0969. The summed E-state index contributed by atoms with van der Waals surface area (Å²) in [7, 11) is 0. The normalized spacial score (nSPS) is 19.4. The number of fused-ring (bicyclic) bond motifs is 1. The molecule has 1 atom stereocenters. The molecular weight excluding hydrogens is 378 g/mol. The number of aromatic nitrogens is 3. The van der Waals surface area contributed by atoms with Crippen LogP contribution in [-0.4, -0.2) is 37.7 Å². The largest absolute Gasteiger partial charge is 0.444 e. The van der Waals surface area contributed by atoms with Gasteiger partial charge in [0.05, 0.1) is 11.7 Å². The number of rotatable bonds is 2. The summed E-state index contributed by atoms with van der Waals surface area (Å²) in [5.41, 5.74) is 2.10. The summed E-state index contributed by atoms with van der Waals surface area (Å²) >= 11 is 0. The second-order valence-electron chi connectivity index (χ2n) is 8.76. The molecule has 2 aliphatic rings. The van der Waals surface area contributed by atoms with Crippen molar-refractivity contribution in [2.24, 2.45) is 0 Å². The molecule has 1 fully saturated rings. The fourth-order valence-electron chi connectivity index (χ4n) is 3.81. The van der Waals surface area contributed by atoms with Crippen molar-refractivity contribution in [1.82, 2.24) is 19.5 Å². The van der Waals surface area contributed by atoms with Crippen molar-refractivity contribution >= 4 is 17.6 Å². The molecular formula is C23H29N5O2. The van der Waals surface area contributed by atoms with Gasteiger partial charge in [-0.05, 0) is 59.1 Å². The summed E-state index contributed by atoms with van der Waals surface area (Å²) < 4.78 is 7.50. The Labute approximate surface area is 177 Å². The van der Waals surface area contributed by atoms with E-state index in [-0.39, 0.29) is 12.1 Å². The number of carbonyl (C=O) groups excluding carboxylic acids is 1. The molecule has 7 nitrogen and oxygen atoms in total. The molecule has 0 radical (unpaired) electrons. The van der Waals surface area contributed by atoms with E-state index in [2.05, 4.69) is 0 Å². The molecule has 0 spiro atoms. The van der Waals surface area contributed by atoms with E-state index in [0.29, 0.717) is 6.54 Å². The number of carbonyl (C=O) groups is 1. The molecule has 0 unspecified atom stereocenters. The number of likely N-dealkylation sites (tertiary alicyclic amines) is 1. The van der Waals surface area contributed by atoms with Crippen LogP contribution < -0.4 is 4.90 Å². The van der Waals surface area contributed by atoms with Gasteiger partial charge in [-0.3, -0.25) is 4.90 Å². The molecule has 1 amide bonds. The molecule has 2 aromatic rings. The monoisotopic (exact) mass is 407 g/mol. The van der Waals surface area contributed by atoms with Crippen LogP contribution in [-0.2, 0) is 4.74 Å². The summed E-state index contributed by atoms with van der Waals surface area (Å²) in [5.74, 6) is 0.829. The van der Waals surface area contributed by atoms with E-state index in [9.17, 15) is 4.79 Å². The van der Waals surface area contributed by atoms with Gasteiger partial charge in [0.1, 0.15) is 11.4 Å². The van der Waals surface area contributed by atoms with Crippen molar-refractivity contribution in [2.75, 3.05) is 11.4 Å². The third kappa shape index (κ3) is 4.25. The van der Waals surface area contributed by atoms with E-state index in [0.717, 1.165) is 42.1 Å². The van der Waals surface area contributed by atoms with E-state index < -0.39 is 5.60 Å². The molecule has 1 saturated heterocycles. The molecule has 0 aliphatic carbocycles. The van der Waals surface area contributed by atoms with Crippen LogP contribution in [0.5, 0.6) is 0 Å². The fraction of sp³-hybridized carbons (Fsp3) is 0.435. The van der Waals surface area contributed by atoms with Crippen LogP contribution in [0.25, 0.3) is 5.65 Å². The Morgan fingerprint density at radius 3 is 2.53 bits per heavy atom. The molecule has 2 aliphatic heterocycles. The van der Waals surface area contributed by atoms with Gasteiger partial charge < -0.3 is 9.64 Å². The first kappa shape index (κ1) is 20.2. The summed E-state index contributed by atoms with van der Waals surface area (Å²) in [4.78, 5) is 21.4. The Morgan fingerprint density at radius 2 is 1.83 bits per heavy atom. The lowest BCUT2D eigenvalue weighted by Gasteiger charge is -2.35. The van der Waals surface area contributed by atoms with Crippen molar-refractivity contribution in [2.45, 2.75) is 58.6 Å². The number of aryl methyl sites for hydroxylation is 1. The third-order valence-corrected chi connectivity index (χ3v) is 5.17. The number of amides is 1. The highest BCUT2D eigenvalue weighted by Crippen LogP contribution is 2.32. The number of hydrogen-bond acceptors (Lipinski definition) is 5. The average molecular weight is 408 g/mol. The van der Waals surface area contributed by atoms with Gasteiger partial charge in [0.15, 0.2) is 5.65 Å². The zero-order chi connectivity index (χ0) is 21.3. The quantitative estimate of drug-likeness (QED) is 0.708. The fourth-order valence-corrected chi connectivity index (χ4v) is 3.81. The van der Waals surface area contributed by atoms with Gasteiger partial charge in [-0.1, -0.05) is 12.2 Å². The van der Waals surface area contributed by atoms with Gasteiger partial charge in [-0.15, -0.1) is 0 Å². The maximum Gasteiger partial charge on any atom is 0.410 e. The average Bonchev–Trinajstić information content (AvgIpc) is 2.93. The second kappa shape index (κ2) is 7.97. The zero-order valence-electron chi connectivity index (χ0n) is 18.1. The molecule has 2 aromatic heterocycles. The maximum absolute atomic E-state index is 12.8. The van der Waals surface area contributed by atoms with E-state index in [1.54, 1.807) is 0 Å². The molecule has 4 heterocycles. The van der Waals surface area contributed by atoms with Crippen LogP contribution in [0.1, 0.15) is 57.5 Å². The Hall–Kier alpha value is -3.09. The minimum Gasteiger partial charge on any atom is -0.444 e. The third-order valence-electron chi connectivity index (χ3n) is 5.17. The number of piperidine rings is 1. The second-order valence-corrected chi connectivity index (χ2v) is 8.76. The van der Waals surface area contributed by atoms with Crippen molar-refractivity contribution in [3.63, 3.8) is 0 Å². The maximum atomic E-state index is 12.8. The number of anilines is 1. The molecule has 0 bridgehead atoms. The Balaban J connectivity index is 1.66. The highest BCUT2D eigenvalue weighted by atomic mass is 16.6. The highest BCUT2D eigenvalue weighted by molar-refractivity contribution is 5.69. The Morgan fingerprint density at radius 1 is 1.10 bits per heavy atom. The lowest BCUT2D eigenvalue weighted by molar-refractivity contribution is 0.00898. The topological polar surface area (TPSA) is 63.0 Å². The van der Waals surface area contributed by atoms with E-state index >= 15 is 0 Å². The van der Waals surface area contributed by atoms with Gasteiger partial charge >= 0.3 is 6.09 Å². The van der Waals surface area contributed by atoms with Gasteiger partial charge in [-0.25, -0.2) is 14.3 Å². The predicted molar refractivity (Wildman–Crippen MR) is 117 cm³/mol. The van der Waals surface area contributed by atoms with Gasteiger partial charge in [0.25, 0.3) is 0 Å². The lowest BCUT2D eigenvalue weighted by Crippen LogP contribution is -2.42. The molecule has 30 heavy (non-hydrogen) atoms. The first-order valence-corrected chi connectivity index (χ1v) is 10.5. The summed E-state index contributed by atoms with van der Waals surface area (Å²) in [6.45, 7) is 8.38. The number of hydrogen-bond donors (Lipinski definition) is 0. The van der Waals surface area contributed by atoms with Gasteiger partial charge in [-0.2, -0.15) is 5.10 Å². The van der Waals surface area contributed by atoms with Crippen molar-refractivity contribution < 1.29 is 9.53 Å². The predicted octanol–water partition coefficient (Wildman–Crippen LogP) is 4.90. The summed E-state index contributed by atoms with van der Waals surface area (Å²) in [6.07, 6.45) is 14.5. The summed E-state index contributed by atoms with van der Waals surface area (Å²) in [5, 5.41) is 4.81. The number of nitrogens with zero attached hydrogens (tertiary/aromatic N) is 5. The zero-order valence-corrected chi connectivity index (χ0v) is 18.1. The molecule has 0 N–H and O–H groups in total. The van der Waals surface area contributed by atoms with Gasteiger partial charge in [0.2, 0.25) is 0 Å². The smallest absolute Gasteiger partial charge is 0.410 e. The van der Waals surface area contributed by atoms with Crippen LogP contribution in [0.2, 0.25) is 0 Å². The van der Waals surface area contributed by atoms with Crippen LogP contribution in [0, 0.1) is 6.92 Å². The molecule has 4 rings (SSSR count). The van der Waals surface area contributed by atoms with Crippen molar-refractivity contribution in [1.29, 1.82) is 0 Å². The molecule has 0 saturated carbocycles. The lowest BCUT2D eigenvalue weighted by atomic mass is 10.00. The molecule has 7 heteroatoms.